The van der Waals surface area contributed by atoms with Gasteiger partial charge in [-0.1, -0.05) is 19.1 Å². The predicted molar refractivity (Wildman–Crippen MR) is 126 cm³/mol. The first-order chi connectivity index (χ1) is 16.3. The maximum Gasteiger partial charge on any atom is 0.242 e. The van der Waals surface area contributed by atoms with E-state index in [-0.39, 0.29) is 19.3 Å². The zero-order valence-corrected chi connectivity index (χ0v) is 20.2. The molecule has 9 nitrogen and oxygen atoms in total. The summed E-state index contributed by atoms with van der Waals surface area (Å²) in [5.74, 6) is 2.00. The van der Waals surface area contributed by atoms with Crippen molar-refractivity contribution in [2.45, 2.75) is 50.2 Å². The lowest BCUT2D eigenvalue weighted by atomic mass is 9.74. The minimum atomic E-state index is -1.25. The number of aliphatic hydroxyl groups excluding tert-OH is 1. The quantitative estimate of drug-likeness (QED) is 0.344. The molecule has 0 saturated heterocycles. The lowest BCUT2D eigenvalue weighted by molar-refractivity contribution is -0.534. The molecule has 184 valence electrons. The largest absolute Gasteiger partial charge is 0.493 e. The Kier molecular flexibility index (Phi) is 9.51. The first kappa shape index (κ1) is 26.7. The number of nitriles is 1. The molecule has 0 aromatic heterocycles. The van der Waals surface area contributed by atoms with Gasteiger partial charge in [-0.2, -0.15) is 5.26 Å². The molecule has 0 spiro atoms. The van der Waals surface area contributed by atoms with Gasteiger partial charge < -0.3 is 24.1 Å². The van der Waals surface area contributed by atoms with E-state index in [1.807, 2.05) is 6.92 Å². The highest BCUT2D eigenvalue weighted by Gasteiger charge is 2.36. The second kappa shape index (κ2) is 12.1. The number of ether oxygens (including phenoxy) is 4. The van der Waals surface area contributed by atoms with Crippen LogP contribution in [0.25, 0.3) is 0 Å². The molecule has 0 bridgehead atoms. The van der Waals surface area contributed by atoms with Gasteiger partial charge in [0.25, 0.3) is 0 Å². The minimum absolute atomic E-state index is 0.0105. The van der Waals surface area contributed by atoms with Crippen LogP contribution in [0, 0.1) is 21.4 Å². The van der Waals surface area contributed by atoms with Gasteiger partial charge in [0.2, 0.25) is 6.04 Å². The lowest BCUT2D eigenvalue weighted by Gasteiger charge is -2.28. The number of rotatable bonds is 13. The molecular weight excluding hydrogens is 440 g/mol. The second-order valence-electron chi connectivity index (χ2n) is 7.97. The molecule has 9 heteroatoms. The van der Waals surface area contributed by atoms with Crippen molar-refractivity contribution in [3.05, 3.63) is 57.6 Å². The Hall–Kier alpha value is -3.51. The highest BCUT2D eigenvalue weighted by molar-refractivity contribution is 5.47. The fourth-order valence-corrected chi connectivity index (χ4v) is 4.05. The fourth-order valence-electron chi connectivity index (χ4n) is 4.05. The van der Waals surface area contributed by atoms with Crippen LogP contribution in [-0.2, 0) is 11.8 Å². The van der Waals surface area contributed by atoms with Crippen molar-refractivity contribution in [1.82, 2.24) is 0 Å². The summed E-state index contributed by atoms with van der Waals surface area (Å²) in [5, 5.41) is 32.7. The highest BCUT2D eigenvalue weighted by Crippen LogP contribution is 2.38. The Balaban J connectivity index is 2.24. The summed E-state index contributed by atoms with van der Waals surface area (Å²) in [7, 11) is 6.04. The third-order valence-corrected chi connectivity index (χ3v) is 6.23. The topological polar surface area (TPSA) is 124 Å². The van der Waals surface area contributed by atoms with Crippen LogP contribution in [0.5, 0.6) is 23.0 Å². The van der Waals surface area contributed by atoms with Crippen molar-refractivity contribution in [1.29, 1.82) is 5.26 Å². The summed E-state index contributed by atoms with van der Waals surface area (Å²) >= 11 is 0. The summed E-state index contributed by atoms with van der Waals surface area (Å²) in [4.78, 5) is 11.3. The van der Waals surface area contributed by atoms with Crippen LogP contribution in [0.3, 0.4) is 0 Å². The van der Waals surface area contributed by atoms with Crippen molar-refractivity contribution < 1.29 is 29.0 Å². The maximum atomic E-state index is 11.8. The van der Waals surface area contributed by atoms with E-state index in [0.717, 1.165) is 0 Å². The van der Waals surface area contributed by atoms with Gasteiger partial charge in [0.1, 0.15) is 6.10 Å². The van der Waals surface area contributed by atoms with Crippen molar-refractivity contribution >= 4 is 0 Å². The van der Waals surface area contributed by atoms with E-state index >= 15 is 0 Å². The summed E-state index contributed by atoms with van der Waals surface area (Å²) in [6, 6.07) is 11.4. The zero-order valence-electron chi connectivity index (χ0n) is 20.2. The van der Waals surface area contributed by atoms with Crippen LogP contribution in [0.15, 0.2) is 36.4 Å². The van der Waals surface area contributed by atoms with E-state index in [2.05, 4.69) is 6.07 Å². The molecular formula is C25H32N2O7. The first-order valence-corrected chi connectivity index (χ1v) is 10.9. The van der Waals surface area contributed by atoms with Gasteiger partial charge >= 0.3 is 0 Å². The van der Waals surface area contributed by atoms with Gasteiger partial charge in [0.05, 0.1) is 39.9 Å². The Bertz CT molecular complexity index is 1020. The summed E-state index contributed by atoms with van der Waals surface area (Å²) in [6.07, 6.45) is -0.453. The first-order valence-electron chi connectivity index (χ1n) is 10.9. The number of methoxy groups -OCH3 is 4. The Labute approximate surface area is 200 Å². The third-order valence-electron chi connectivity index (χ3n) is 6.23. The molecule has 3 atom stereocenters. The van der Waals surface area contributed by atoms with Crippen LogP contribution in [0.2, 0.25) is 0 Å². The average molecular weight is 473 g/mol. The summed E-state index contributed by atoms with van der Waals surface area (Å²) in [5.41, 5.74) is 0.408. The molecule has 2 aromatic rings. The van der Waals surface area contributed by atoms with Crippen LogP contribution < -0.4 is 18.9 Å². The van der Waals surface area contributed by atoms with Gasteiger partial charge in [-0.15, -0.1) is 0 Å². The molecule has 0 fully saturated rings. The molecule has 0 aliphatic rings. The Morgan fingerprint density at radius 3 is 2.06 bits per heavy atom. The normalized spacial score (nSPS) is 14.3. The average Bonchev–Trinajstić information content (AvgIpc) is 2.87. The van der Waals surface area contributed by atoms with Crippen LogP contribution >= 0.6 is 0 Å². The Morgan fingerprint density at radius 1 is 1.00 bits per heavy atom. The smallest absolute Gasteiger partial charge is 0.242 e. The van der Waals surface area contributed by atoms with E-state index in [9.17, 15) is 20.5 Å². The molecule has 0 amide bonds. The highest BCUT2D eigenvalue weighted by atomic mass is 16.6. The molecule has 3 unspecified atom stereocenters. The van der Waals surface area contributed by atoms with E-state index in [0.29, 0.717) is 40.5 Å². The predicted octanol–water partition coefficient (Wildman–Crippen LogP) is 3.92. The number of benzene rings is 2. The monoisotopic (exact) mass is 472 g/mol. The number of nitro groups is 1. The van der Waals surface area contributed by atoms with Crippen molar-refractivity contribution in [3.63, 3.8) is 0 Å². The van der Waals surface area contributed by atoms with E-state index in [1.165, 1.54) is 28.4 Å². The number of hydrogen-bond donors (Lipinski definition) is 1. The van der Waals surface area contributed by atoms with Gasteiger partial charge in [0.15, 0.2) is 23.0 Å². The van der Waals surface area contributed by atoms with Gasteiger partial charge in [-0.05, 0) is 54.7 Å². The molecule has 34 heavy (non-hydrogen) atoms. The van der Waals surface area contributed by atoms with Crippen molar-refractivity contribution in [3.8, 4) is 29.1 Å². The maximum absolute atomic E-state index is 11.8. The van der Waals surface area contributed by atoms with E-state index < -0.39 is 22.5 Å². The third kappa shape index (κ3) is 5.88. The summed E-state index contributed by atoms with van der Waals surface area (Å²) in [6.45, 7) is 1.88. The Morgan fingerprint density at radius 2 is 1.56 bits per heavy atom. The SMILES string of the molecule is CCC(C#N)(CCC(O)C(Cc1ccc(OC)c(OC)c1)[N+](=O)[O-])c1ccc(OC)c(OC)c1. The van der Waals surface area contributed by atoms with Crippen molar-refractivity contribution in [2.24, 2.45) is 0 Å². The van der Waals surface area contributed by atoms with Gasteiger partial charge in [-0.25, -0.2) is 0 Å². The molecule has 0 aliphatic heterocycles. The number of hydrogen-bond acceptors (Lipinski definition) is 8. The lowest BCUT2D eigenvalue weighted by Crippen LogP contribution is -2.37. The standard InChI is InChI=1S/C25H32N2O7/c1-6-25(16-26,18-8-10-22(32-3)24(15-18)34-5)12-11-20(28)19(27(29)30)13-17-7-9-21(31-2)23(14-17)33-4/h7-10,14-15,19-20,28H,6,11-13H2,1-5H3. The molecule has 0 radical (unpaired) electrons. The molecule has 0 heterocycles. The van der Waals surface area contributed by atoms with Crippen LogP contribution in [0.1, 0.15) is 37.3 Å². The zero-order chi connectivity index (χ0) is 25.3. The number of nitrogens with zero attached hydrogens (tertiary/aromatic N) is 2. The summed E-state index contributed by atoms with van der Waals surface area (Å²) < 4.78 is 21.1. The van der Waals surface area contributed by atoms with Crippen LogP contribution in [-0.4, -0.2) is 50.6 Å². The molecule has 2 aromatic carbocycles. The van der Waals surface area contributed by atoms with Gasteiger partial charge in [-0.3, -0.25) is 10.1 Å². The van der Waals surface area contributed by atoms with Gasteiger partial charge in [0, 0.05) is 11.3 Å². The van der Waals surface area contributed by atoms with Crippen LogP contribution in [0.4, 0.5) is 0 Å². The molecule has 1 N–H and O–H groups in total. The molecule has 2 rings (SSSR count). The van der Waals surface area contributed by atoms with Crippen molar-refractivity contribution in [2.75, 3.05) is 28.4 Å². The minimum Gasteiger partial charge on any atom is -0.493 e. The second-order valence-corrected chi connectivity index (χ2v) is 7.97. The van der Waals surface area contributed by atoms with E-state index in [1.54, 1.807) is 36.4 Å². The number of aliphatic hydroxyl groups is 1. The molecule has 0 aliphatic carbocycles. The fraction of sp³-hybridized carbons (Fsp3) is 0.480. The molecule has 0 saturated carbocycles. The van der Waals surface area contributed by atoms with E-state index in [4.69, 9.17) is 18.9 Å².